The Morgan fingerprint density at radius 2 is 1.93 bits per heavy atom. The molecule has 0 spiro atoms. The summed E-state index contributed by atoms with van der Waals surface area (Å²) in [5.41, 5.74) is -2.46. The van der Waals surface area contributed by atoms with Crippen LogP contribution in [0.5, 0.6) is 0 Å². The Labute approximate surface area is 182 Å². The van der Waals surface area contributed by atoms with Crippen LogP contribution in [0.25, 0.3) is 0 Å². The molecule has 0 aliphatic carbocycles. The monoisotopic (exact) mass is 510 g/mol. The summed E-state index contributed by atoms with van der Waals surface area (Å²) in [7, 11) is -6.25. The van der Waals surface area contributed by atoms with E-state index in [0.717, 1.165) is 6.07 Å². The van der Waals surface area contributed by atoms with Gasteiger partial charge in [0.05, 0.1) is 27.6 Å². The highest BCUT2D eigenvalue weighted by molar-refractivity contribution is 9.10. The lowest BCUT2D eigenvalue weighted by Crippen LogP contribution is -2.56. The van der Waals surface area contributed by atoms with E-state index >= 15 is 0 Å². The summed E-state index contributed by atoms with van der Waals surface area (Å²) in [6.07, 6.45) is 1.08. The smallest absolute Gasteiger partial charge is 0.171 e. The molecule has 10 heteroatoms. The van der Waals surface area contributed by atoms with Crippen molar-refractivity contribution in [2.45, 2.75) is 49.1 Å². The van der Waals surface area contributed by atoms with E-state index < -0.39 is 54.1 Å². The van der Waals surface area contributed by atoms with Gasteiger partial charge in [-0.3, -0.25) is 0 Å². The van der Waals surface area contributed by atoms with Crippen molar-refractivity contribution in [2.24, 2.45) is 0 Å². The van der Waals surface area contributed by atoms with E-state index in [1.165, 1.54) is 25.1 Å². The van der Waals surface area contributed by atoms with E-state index in [0.29, 0.717) is 4.47 Å². The van der Waals surface area contributed by atoms with E-state index in [1.807, 2.05) is 0 Å². The van der Waals surface area contributed by atoms with Gasteiger partial charge < -0.3 is 0 Å². The van der Waals surface area contributed by atoms with Gasteiger partial charge in [0, 0.05) is 10.0 Å². The first-order valence-corrected chi connectivity index (χ1v) is 12.2. The fourth-order valence-electron chi connectivity index (χ4n) is 2.50. The Morgan fingerprint density at radius 3 is 2.38 bits per heavy atom. The Morgan fingerprint density at radius 1 is 1.34 bits per heavy atom. The summed E-state index contributed by atoms with van der Waals surface area (Å²) in [5.74, 6) is -1.83. The van der Waals surface area contributed by atoms with Crippen LogP contribution in [0, 0.1) is 17.1 Å². The summed E-state index contributed by atoms with van der Waals surface area (Å²) in [6.45, 7) is 8.14. The summed E-state index contributed by atoms with van der Waals surface area (Å²) in [5, 5.41) is 9.47. The molecule has 0 fully saturated rings. The average molecular weight is 511 g/mol. The number of nitriles is 1. The van der Waals surface area contributed by atoms with E-state index in [2.05, 4.69) is 27.2 Å². The van der Waals surface area contributed by atoms with Gasteiger partial charge in [-0.25, -0.2) is 26.1 Å². The number of benzene rings is 1. The Bertz CT molecular complexity index is 942. The molecule has 1 rings (SSSR count). The second kappa shape index (κ2) is 9.33. The van der Waals surface area contributed by atoms with Crippen molar-refractivity contribution in [1.29, 1.82) is 5.26 Å². The molecule has 1 aromatic rings. The van der Waals surface area contributed by atoms with Crippen LogP contribution in [-0.2, 0) is 26.4 Å². The van der Waals surface area contributed by atoms with Crippen molar-refractivity contribution >= 4 is 36.8 Å². The van der Waals surface area contributed by atoms with Gasteiger partial charge in [-0.15, -0.1) is 6.58 Å². The van der Waals surface area contributed by atoms with E-state index in [-0.39, 0.29) is 12.0 Å². The third-order valence-electron chi connectivity index (χ3n) is 4.41. The van der Waals surface area contributed by atoms with Gasteiger partial charge in [0.25, 0.3) is 0 Å². The number of alkyl halides is 1. The van der Waals surface area contributed by atoms with Crippen molar-refractivity contribution in [3.05, 3.63) is 46.7 Å². The molecular weight excluding hydrogens is 486 g/mol. The standard InChI is InChI=1S/C19H25BrF2N2O3S2/c1-6-9-18(5,12-23)29(26,27)13-19(11-21,24-28(25)17(2,3)4)15-10-14(20)7-8-16(15)22/h6-8,10,24H,1,9,11,13H2,2-5H3/t18-,19+,28-/m1/s1. The summed E-state index contributed by atoms with van der Waals surface area (Å²) < 4.78 is 68.4. The van der Waals surface area contributed by atoms with Crippen LogP contribution in [0.2, 0.25) is 0 Å². The molecule has 3 atom stereocenters. The van der Waals surface area contributed by atoms with Gasteiger partial charge in [0.1, 0.15) is 18.0 Å². The fraction of sp³-hybridized carbons (Fsp3) is 0.526. The lowest BCUT2D eigenvalue weighted by Gasteiger charge is -2.36. The number of halogens is 3. The number of hydrogen-bond donors (Lipinski definition) is 1. The van der Waals surface area contributed by atoms with Crippen LogP contribution in [-0.4, -0.2) is 34.5 Å². The first kappa shape index (κ1) is 25.9. The van der Waals surface area contributed by atoms with Crippen LogP contribution in [0.1, 0.15) is 39.7 Å². The van der Waals surface area contributed by atoms with Gasteiger partial charge in [-0.1, -0.05) is 22.0 Å². The molecule has 0 aromatic heterocycles. The second-order valence-corrected chi connectivity index (χ2v) is 13.2. The van der Waals surface area contributed by atoms with Gasteiger partial charge in [0.2, 0.25) is 0 Å². The number of nitrogens with zero attached hydrogens (tertiary/aromatic N) is 1. The van der Waals surface area contributed by atoms with Crippen LogP contribution >= 0.6 is 15.9 Å². The molecule has 1 aromatic carbocycles. The van der Waals surface area contributed by atoms with E-state index in [9.17, 15) is 26.7 Å². The minimum absolute atomic E-state index is 0.197. The quantitative estimate of drug-likeness (QED) is 0.507. The zero-order valence-corrected chi connectivity index (χ0v) is 20.0. The van der Waals surface area contributed by atoms with Gasteiger partial charge in [-0.2, -0.15) is 5.26 Å². The van der Waals surface area contributed by atoms with Gasteiger partial charge in [0.15, 0.2) is 14.6 Å². The number of allylic oxidation sites excluding steroid dienone is 1. The molecule has 0 saturated carbocycles. The number of sulfone groups is 1. The van der Waals surface area contributed by atoms with Crippen molar-refractivity contribution in [3.8, 4) is 6.07 Å². The molecule has 29 heavy (non-hydrogen) atoms. The second-order valence-electron chi connectivity index (χ2n) is 7.92. The molecule has 0 aliphatic rings. The van der Waals surface area contributed by atoms with Crippen molar-refractivity contribution in [3.63, 3.8) is 0 Å². The number of hydrogen-bond acceptors (Lipinski definition) is 4. The predicted octanol–water partition coefficient (Wildman–Crippen LogP) is 4.08. The highest BCUT2D eigenvalue weighted by Gasteiger charge is 2.48. The first-order chi connectivity index (χ1) is 13.2. The molecule has 162 valence electrons. The zero-order valence-electron chi connectivity index (χ0n) is 16.8. The summed E-state index contributed by atoms with van der Waals surface area (Å²) in [6, 6.07) is 5.43. The van der Waals surface area contributed by atoms with Crippen molar-refractivity contribution in [2.75, 3.05) is 12.4 Å². The lowest BCUT2D eigenvalue weighted by molar-refractivity contribution is 0.303. The predicted molar refractivity (Wildman–Crippen MR) is 115 cm³/mol. The summed E-state index contributed by atoms with van der Waals surface area (Å²) in [4.78, 5) is 0. The SMILES string of the molecule is C=CC[C@](C)(C#N)S(=O)(=O)C[C@](CF)(N[S@](=O)C(C)(C)C)c1cc(Br)ccc1F. The maximum absolute atomic E-state index is 14.7. The molecule has 5 nitrogen and oxygen atoms in total. The zero-order chi connectivity index (χ0) is 22.7. The van der Waals surface area contributed by atoms with Gasteiger partial charge in [-0.05, 0) is 52.3 Å². The topological polar surface area (TPSA) is 87.0 Å². The maximum atomic E-state index is 14.7. The Balaban J connectivity index is 3.72. The molecule has 1 N–H and O–H groups in total. The third-order valence-corrected chi connectivity index (χ3v) is 9.09. The summed E-state index contributed by atoms with van der Waals surface area (Å²) >= 11 is 3.17. The maximum Gasteiger partial charge on any atom is 0.171 e. The normalized spacial score (nSPS) is 17.6. The molecule has 0 saturated heterocycles. The van der Waals surface area contributed by atoms with Crippen molar-refractivity contribution in [1.82, 2.24) is 4.72 Å². The van der Waals surface area contributed by atoms with E-state index in [4.69, 9.17) is 0 Å². The molecule has 0 heterocycles. The molecule has 0 aliphatic heterocycles. The highest BCUT2D eigenvalue weighted by Crippen LogP contribution is 2.34. The van der Waals surface area contributed by atoms with Crippen molar-refractivity contribution < 1.29 is 21.4 Å². The fourth-order valence-corrected chi connectivity index (χ4v) is 5.63. The van der Waals surface area contributed by atoms with Crippen LogP contribution in [0.15, 0.2) is 35.3 Å². The van der Waals surface area contributed by atoms with Crippen LogP contribution in [0.4, 0.5) is 8.78 Å². The lowest BCUT2D eigenvalue weighted by atomic mass is 9.94. The molecule has 0 radical (unpaired) electrons. The third kappa shape index (κ3) is 5.72. The van der Waals surface area contributed by atoms with Crippen LogP contribution < -0.4 is 4.72 Å². The van der Waals surface area contributed by atoms with Crippen LogP contribution in [0.3, 0.4) is 0 Å². The molecule has 0 bridgehead atoms. The number of nitrogens with one attached hydrogen (secondary N) is 1. The molecule has 0 amide bonds. The molecular formula is C19H25BrF2N2O3S2. The minimum atomic E-state index is -4.32. The van der Waals surface area contributed by atoms with Gasteiger partial charge >= 0.3 is 0 Å². The minimum Gasteiger partial charge on any atom is -0.249 e. The highest BCUT2D eigenvalue weighted by atomic mass is 79.9. The van der Waals surface area contributed by atoms with E-state index in [1.54, 1.807) is 26.8 Å². The average Bonchev–Trinajstić information content (AvgIpc) is 2.61. The molecule has 0 unspecified atom stereocenters. The Kier molecular flexibility index (Phi) is 8.33. The number of rotatable bonds is 9. The largest absolute Gasteiger partial charge is 0.249 e. The first-order valence-electron chi connectivity index (χ1n) is 8.64. The Hall–Kier alpha value is -1.15.